The lowest BCUT2D eigenvalue weighted by Gasteiger charge is -2.09. The molecule has 2 heterocycles. The minimum atomic E-state index is -4.13. The average Bonchev–Trinajstić information content (AvgIpc) is 3.24. The highest BCUT2D eigenvalue weighted by Gasteiger charge is 2.33. The van der Waals surface area contributed by atoms with Gasteiger partial charge in [0.25, 0.3) is 15.9 Å². The summed E-state index contributed by atoms with van der Waals surface area (Å²) >= 11 is 0. The van der Waals surface area contributed by atoms with Crippen molar-refractivity contribution in [2.24, 2.45) is 0 Å². The van der Waals surface area contributed by atoms with E-state index >= 15 is 0 Å². The lowest BCUT2D eigenvalue weighted by Crippen LogP contribution is -2.14. The molecule has 1 aliphatic carbocycles. The lowest BCUT2D eigenvalue weighted by atomic mass is 10.2. The van der Waals surface area contributed by atoms with E-state index in [1.165, 1.54) is 0 Å². The maximum absolute atomic E-state index is 13.4. The van der Waals surface area contributed by atoms with E-state index in [1.807, 2.05) is 0 Å². The van der Waals surface area contributed by atoms with Crippen LogP contribution in [0.1, 0.15) is 36.0 Å². The molecule has 2 N–H and O–H groups in total. The number of hydrogen-bond donors (Lipinski definition) is 2. The van der Waals surface area contributed by atoms with Gasteiger partial charge in [0, 0.05) is 23.4 Å². The van der Waals surface area contributed by atoms with Gasteiger partial charge in [0.1, 0.15) is 4.90 Å². The Hall–Kier alpha value is -2.75. The number of aromatic amines is 1. The van der Waals surface area contributed by atoms with Crippen molar-refractivity contribution in [1.82, 2.24) is 15.2 Å². The van der Waals surface area contributed by atoms with Crippen molar-refractivity contribution in [3.05, 3.63) is 47.1 Å². The second-order valence-electron chi connectivity index (χ2n) is 6.53. The van der Waals surface area contributed by atoms with E-state index in [-0.39, 0.29) is 28.0 Å². The largest absolute Gasteiger partial charge is 0.420 e. The van der Waals surface area contributed by atoms with Crippen LogP contribution in [0.2, 0.25) is 0 Å². The number of sulfonamides is 1. The zero-order valence-corrected chi connectivity index (χ0v) is 15.3. The Bertz CT molecular complexity index is 1130. The summed E-state index contributed by atoms with van der Waals surface area (Å²) in [6.07, 6.45) is 1.94. The van der Waals surface area contributed by atoms with Crippen molar-refractivity contribution in [1.29, 1.82) is 0 Å². The number of hydrogen-bond acceptors (Lipinski definition) is 5. The quantitative estimate of drug-likeness (QED) is 0.688. The summed E-state index contributed by atoms with van der Waals surface area (Å²) < 4.78 is 60.3. The van der Waals surface area contributed by atoms with E-state index in [0.717, 1.165) is 31.0 Å². The van der Waals surface area contributed by atoms with Crippen molar-refractivity contribution in [2.75, 3.05) is 4.72 Å². The molecule has 2 aromatic heterocycles. The van der Waals surface area contributed by atoms with Crippen LogP contribution in [-0.2, 0) is 10.0 Å². The number of anilines is 1. The third kappa shape index (κ3) is 3.20. The van der Waals surface area contributed by atoms with Crippen LogP contribution < -0.4 is 4.72 Å². The summed E-state index contributed by atoms with van der Waals surface area (Å²) in [5.41, 5.74) is 1.08. The maximum atomic E-state index is 13.4. The van der Waals surface area contributed by atoms with Crippen LogP contribution in [0.15, 0.2) is 27.5 Å². The third-order valence-corrected chi connectivity index (χ3v) is 5.89. The minimum Gasteiger partial charge on any atom is -0.420 e. The molecule has 0 radical (unpaired) electrons. The zero-order chi connectivity index (χ0) is 19.3. The molecule has 27 heavy (non-hydrogen) atoms. The highest BCUT2D eigenvalue weighted by Crippen LogP contribution is 2.41. The minimum absolute atomic E-state index is 0.0734. The lowest BCUT2D eigenvalue weighted by molar-refractivity contribution is 0.507. The first-order valence-electron chi connectivity index (χ1n) is 8.27. The molecule has 3 aromatic rings. The van der Waals surface area contributed by atoms with E-state index in [2.05, 4.69) is 19.9 Å². The topological polar surface area (TPSA) is 101 Å². The Morgan fingerprint density at radius 1 is 1.15 bits per heavy atom. The van der Waals surface area contributed by atoms with Crippen LogP contribution in [0.3, 0.4) is 0 Å². The fourth-order valence-electron chi connectivity index (χ4n) is 2.95. The molecule has 0 bridgehead atoms. The van der Waals surface area contributed by atoms with Gasteiger partial charge in [0.15, 0.2) is 11.6 Å². The third-order valence-electron chi connectivity index (χ3n) is 4.34. The predicted octanol–water partition coefficient (Wildman–Crippen LogP) is 3.64. The van der Waals surface area contributed by atoms with Crippen LogP contribution in [0.5, 0.6) is 0 Å². The number of nitrogens with zero attached hydrogens (tertiary/aromatic N) is 2. The molecular formula is C17H16F2N4O3S. The maximum Gasteiger partial charge on any atom is 0.264 e. The molecule has 7 nitrogen and oxygen atoms in total. The van der Waals surface area contributed by atoms with Crippen LogP contribution >= 0.6 is 0 Å². The SMILES string of the molecule is Cc1[nH]c(C)c(S(=O)(=O)Nc2ccc(F)c(F)c2)c1-c1nnc(C2CC2)o1. The Morgan fingerprint density at radius 2 is 1.89 bits per heavy atom. The number of aromatic nitrogens is 3. The normalized spacial score (nSPS) is 14.5. The van der Waals surface area contributed by atoms with Gasteiger partial charge in [-0.15, -0.1) is 10.2 Å². The van der Waals surface area contributed by atoms with Crippen molar-refractivity contribution in [3.63, 3.8) is 0 Å². The zero-order valence-electron chi connectivity index (χ0n) is 14.5. The fraction of sp³-hybridized carbons (Fsp3) is 0.294. The summed E-state index contributed by atoms with van der Waals surface area (Å²) in [6, 6.07) is 2.77. The summed E-state index contributed by atoms with van der Waals surface area (Å²) in [5, 5.41) is 7.99. The van der Waals surface area contributed by atoms with E-state index in [9.17, 15) is 17.2 Å². The molecule has 0 atom stereocenters. The van der Waals surface area contributed by atoms with Gasteiger partial charge in [-0.2, -0.15) is 0 Å². The van der Waals surface area contributed by atoms with Crippen molar-refractivity contribution in [2.45, 2.75) is 37.5 Å². The number of benzene rings is 1. The van der Waals surface area contributed by atoms with Gasteiger partial charge in [0.2, 0.25) is 5.89 Å². The summed E-state index contributed by atoms with van der Waals surface area (Å²) in [5.74, 6) is -1.40. The van der Waals surface area contributed by atoms with Gasteiger partial charge >= 0.3 is 0 Å². The molecule has 1 saturated carbocycles. The Kier molecular flexibility index (Phi) is 4.02. The summed E-state index contributed by atoms with van der Waals surface area (Å²) in [6.45, 7) is 3.29. The number of rotatable bonds is 5. The first-order chi connectivity index (χ1) is 12.8. The molecule has 1 aliphatic rings. The highest BCUT2D eigenvalue weighted by molar-refractivity contribution is 7.93. The molecule has 4 rings (SSSR count). The van der Waals surface area contributed by atoms with Gasteiger partial charge in [-0.3, -0.25) is 4.72 Å². The second kappa shape index (κ2) is 6.15. The van der Waals surface area contributed by atoms with E-state index in [4.69, 9.17) is 4.42 Å². The molecule has 10 heteroatoms. The van der Waals surface area contributed by atoms with Crippen molar-refractivity contribution in [3.8, 4) is 11.5 Å². The number of aryl methyl sites for hydroxylation is 2. The van der Waals surface area contributed by atoms with E-state index in [1.54, 1.807) is 13.8 Å². The molecule has 1 fully saturated rings. The number of halogens is 2. The van der Waals surface area contributed by atoms with Gasteiger partial charge in [-0.25, -0.2) is 17.2 Å². The molecule has 0 saturated heterocycles. The number of nitrogens with one attached hydrogen (secondary N) is 2. The summed E-state index contributed by atoms with van der Waals surface area (Å²) in [4.78, 5) is 2.89. The molecule has 0 spiro atoms. The molecule has 0 aliphatic heterocycles. The number of H-pyrrole nitrogens is 1. The van der Waals surface area contributed by atoms with E-state index < -0.39 is 21.7 Å². The molecule has 142 valence electrons. The predicted molar refractivity (Wildman–Crippen MR) is 92.7 cm³/mol. The van der Waals surface area contributed by atoms with Crippen molar-refractivity contribution >= 4 is 15.7 Å². The highest BCUT2D eigenvalue weighted by atomic mass is 32.2. The fourth-order valence-corrected chi connectivity index (χ4v) is 4.45. The average molecular weight is 394 g/mol. The van der Waals surface area contributed by atoms with Crippen LogP contribution in [0.4, 0.5) is 14.5 Å². The molecular weight excluding hydrogens is 378 g/mol. The summed E-state index contributed by atoms with van der Waals surface area (Å²) in [7, 11) is -4.13. The van der Waals surface area contributed by atoms with Crippen LogP contribution in [0, 0.1) is 25.5 Å². The second-order valence-corrected chi connectivity index (χ2v) is 8.15. The standard InChI is InChI=1S/C17H16F2N4O3S/c1-8-14(17-22-21-16(26-17)10-3-4-10)15(9(2)20-8)27(24,25)23-11-5-6-12(18)13(19)7-11/h5-7,10,20,23H,3-4H2,1-2H3. The van der Waals surface area contributed by atoms with Gasteiger partial charge in [0.05, 0.1) is 11.3 Å². The van der Waals surface area contributed by atoms with Crippen molar-refractivity contribution < 1.29 is 21.6 Å². The first kappa shape index (κ1) is 17.7. The molecule has 1 aromatic carbocycles. The van der Waals surface area contributed by atoms with E-state index in [0.29, 0.717) is 17.3 Å². The Balaban J connectivity index is 1.76. The molecule has 0 amide bonds. The monoisotopic (exact) mass is 394 g/mol. The van der Waals surface area contributed by atoms with Gasteiger partial charge < -0.3 is 9.40 Å². The smallest absolute Gasteiger partial charge is 0.264 e. The molecule has 0 unspecified atom stereocenters. The van der Waals surface area contributed by atoms with Crippen LogP contribution in [0.25, 0.3) is 11.5 Å². The first-order valence-corrected chi connectivity index (χ1v) is 9.75. The van der Waals surface area contributed by atoms with Gasteiger partial charge in [-0.05, 0) is 38.8 Å². The van der Waals surface area contributed by atoms with Gasteiger partial charge in [-0.1, -0.05) is 0 Å². The van der Waals surface area contributed by atoms with Crippen LogP contribution in [-0.4, -0.2) is 23.6 Å². The Labute approximate surface area is 153 Å². The Morgan fingerprint density at radius 3 is 2.56 bits per heavy atom.